The van der Waals surface area contributed by atoms with E-state index in [2.05, 4.69) is 25.9 Å². The summed E-state index contributed by atoms with van der Waals surface area (Å²) in [5.41, 5.74) is 1.37. The zero-order valence-electron chi connectivity index (χ0n) is 6.04. The summed E-state index contributed by atoms with van der Waals surface area (Å²) in [6, 6.07) is 1.69. The molecule has 0 aliphatic carbocycles. The van der Waals surface area contributed by atoms with Crippen LogP contribution in [0.2, 0.25) is 0 Å². The van der Waals surface area contributed by atoms with Gasteiger partial charge in [0.05, 0.1) is 0 Å². The van der Waals surface area contributed by atoms with Crippen LogP contribution in [0.4, 0.5) is 0 Å². The maximum atomic E-state index is 10.6. The number of carbonyl (C=O) groups excluding carboxylic acids is 1. The zero-order valence-corrected chi connectivity index (χ0v) is 7.63. The number of hydrogen-bond donors (Lipinski definition) is 1. The molecule has 2 aromatic rings. The Balaban J connectivity index is 2.93. The highest BCUT2D eigenvalue weighted by molar-refractivity contribution is 9.10. The number of halogens is 1. The van der Waals surface area contributed by atoms with Gasteiger partial charge in [0.25, 0.3) is 0 Å². The molecule has 0 aliphatic heterocycles. The number of fused-ring (bicyclic) bond motifs is 1. The molecule has 12 heavy (non-hydrogen) atoms. The largest absolute Gasteiger partial charge is 0.345 e. The maximum Gasteiger partial charge on any atom is 0.150 e. The highest BCUT2D eigenvalue weighted by atomic mass is 79.9. The molecular weight excluding hydrogens is 220 g/mol. The van der Waals surface area contributed by atoms with Crippen molar-refractivity contribution in [2.24, 2.45) is 0 Å². The number of rotatable bonds is 1. The van der Waals surface area contributed by atoms with Crippen LogP contribution in [0.25, 0.3) is 11.0 Å². The van der Waals surface area contributed by atoms with Crippen molar-refractivity contribution in [1.29, 1.82) is 0 Å². The lowest BCUT2D eigenvalue weighted by molar-refractivity contribution is 0.112. The number of nitrogens with zero attached hydrogens (tertiary/aromatic N) is 1. The van der Waals surface area contributed by atoms with Crippen molar-refractivity contribution in [1.82, 2.24) is 9.97 Å². The van der Waals surface area contributed by atoms with Crippen molar-refractivity contribution in [2.75, 3.05) is 0 Å². The first-order valence-electron chi connectivity index (χ1n) is 3.39. The second-order valence-corrected chi connectivity index (χ2v) is 3.23. The minimum atomic E-state index is 0.646. The van der Waals surface area contributed by atoms with E-state index in [9.17, 15) is 4.79 Å². The average Bonchev–Trinajstić information content (AvgIpc) is 2.48. The average molecular weight is 225 g/mol. The van der Waals surface area contributed by atoms with Gasteiger partial charge in [0.15, 0.2) is 6.29 Å². The molecule has 0 aromatic carbocycles. The van der Waals surface area contributed by atoms with Gasteiger partial charge >= 0.3 is 0 Å². The van der Waals surface area contributed by atoms with Gasteiger partial charge in [0, 0.05) is 27.8 Å². The topological polar surface area (TPSA) is 45.8 Å². The lowest BCUT2D eigenvalue weighted by atomic mass is 10.2. The van der Waals surface area contributed by atoms with Crippen molar-refractivity contribution >= 4 is 33.2 Å². The van der Waals surface area contributed by atoms with E-state index in [0.717, 1.165) is 21.8 Å². The first-order valence-corrected chi connectivity index (χ1v) is 4.19. The lowest BCUT2D eigenvalue weighted by Gasteiger charge is -1.92. The van der Waals surface area contributed by atoms with E-state index in [1.165, 1.54) is 0 Å². The molecule has 2 heterocycles. The normalized spacial score (nSPS) is 10.4. The summed E-state index contributed by atoms with van der Waals surface area (Å²) in [5.74, 6) is 0. The minimum absolute atomic E-state index is 0.646. The summed E-state index contributed by atoms with van der Waals surface area (Å²) in [4.78, 5) is 17.6. The van der Waals surface area contributed by atoms with Gasteiger partial charge in [0.2, 0.25) is 0 Å². The minimum Gasteiger partial charge on any atom is -0.345 e. The van der Waals surface area contributed by atoms with E-state index in [-0.39, 0.29) is 0 Å². The quantitative estimate of drug-likeness (QED) is 0.755. The molecule has 60 valence electrons. The van der Waals surface area contributed by atoms with Crippen molar-refractivity contribution in [3.8, 4) is 0 Å². The van der Waals surface area contributed by atoms with E-state index in [1.54, 1.807) is 18.5 Å². The molecule has 0 unspecified atom stereocenters. The molecule has 0 amide bonds. The maximum absolute atomic E-state index is 10.6. The van der Waals surface area contributed by atoms with Gasteiger partial charge in [-0.05, 0) is 22.0 Å². The Morgan fingerprint density at radius 1 is 1.58 bits per heavy atom. The molecule has 0 radical (unpaired) electrons. The Morgan fingerprint density at radius 2 is 2.42 bits per heavy atom. The van der Waals surface area contributed by atoms with Crippen LogP contribution in [0.3, 0.4) is 0 Å². The fourth-order valence-electron chi connectivity index (χ4n) is 1.14. The van der Waals surface area contributed by atoms with Crippen LogP contribution in [0, 0.1) is 0 Å². The molecule has 2 rings (SSSR count). The van der Waals surface area contributed by atoms with Crippen LogP contribution in [0.1, 0.15) is 10.4 Å². The fraction of sp³-hybridized carbons (Fsp3) is 0. The van der Waals surface area contributed by atoms with Crippen molar-refractivity contribution in [3.63, 3.8) is 0 Å². The summed E-state index contributed by atoms with van der Waals surface area (Å²) >= 11 is 3.33. The molecule has 4 heteroatoms. The molecule has 2 aromatic heterocycles. The monoisotopic (exact) mass is 224 g/mol. The second-order valence-electron chi connectivity index (χ2n) is 2.38. The third-order valence-corrected chi connectivity index (χ3v) is 2.31. The smallest absolute Gasteiger partial charge is 0.150 e. The predicted octanol–water partition coefficient (Wildman–Crippen LogP) is 2.14. The number of H-pyrrole nitrogens is 1. The predicted molar refractivity (Wildman–Crippen MR) is 49.2 cm³/mol. The molecule has 1 N–H and O–H groups in total. The van der Waals surface area contributed by atoms with Gasteiger partial charge in [-0.3, -0.25) is 4.79 Å². The summed E-state index contributed by atoms with van der Waals surface area (Å²) in [6.45, 7) is 0. The van der Waals surface area contributed by atoms with Gasteiger partial charge in [-0.1, -0.05) is 0 Å². The first-order chi connectivity index (χ1) is 5.83. The van der Waals surface area contributed by atoms with Crippen LogP contribution in [0.15, 0.2) is 22.9 Å². The third-order valence-electron chi connectivity index (χ3n) is 1.68. The van der Waals surface area contributed by atoms with Crippen LogP contribution >= 0.6 is 15.9 Å². The van der Waals surface area contributed by atoms with Gasteiger partial charge < -0.3 is 4.98 Å². The van der Waals surface area contributed by atoms with E-state index in [1.807, 2.05) is 0 Å². The lowest BCUT2D eigenvalue weighted by Crippen LogP contribution is -1.83. The summed E-state index contributed by atoms with van der Waals surface area (Å²) in [6.07, 6.45) is 4.20. The van der Waals surface area contributed by atoms with E-state index < -0.39 is 0 Å². The Kier molecular flexibility index (Phi) is 1.69. The SMILES string of the molecule is O=Cc1ccnc2[nH]cc(Br)c12. The molecule has 0 saturated carbocycles. The first kappa shape index (κ1) is 7.49. The number of pyridine rings is 1. The highest BCUT2D eigenvalue weighted by Crippen LogP contribution is 2.24. The van der Waals surface area contributed by atoms with Gasteiger partial charge in [0.1, 0.15) is 5.65 Å². The molecule has 0 aliphatic rings. The summed E-state index contributed by atoms with van der Waals surface area (Å²) in [7, 11) is 0. The van der Waals surface area contributed by atoms with Crippen LogP contribution in [-0.4, -0.2) is 16.3 Å². The Labute approximate surface area is 76.9 Å². The summed E-state index contributed by atoms with van der Waals surface area (Å²) in [5, 5.41) is 0.840. The third kappa shape index (κ3) is 0.956. The van der Waals surface area contributed by atoms with E-state index in [0.29, 0.717) is 5.56 Å². The second kappa shape index (κ2) is 2.71. The Bertz CT molecular complexity index is 436. The number of nitrogens with one attached hydrogen (secondary N) is 1. The van der Waals surface area contributed by atoms with E-state index in [4.69, 9.17) is 0 Å². The van der Waals surface area contributed by atoms with Crippen molar-refractivity contribution < 1.29 is 4.79 Å². The molecule has 3 nitrogen and oxygen atoms in total. The number of carbonyl (C=O) groups is 1. The molecular formula is C8H5BrN2O. The zero-order chi connectivity index (χ0) is 8.55. The molecule has 0 fully saturated rings. The standard InChI is InChI=1S/C8H5BrN2O/c9-6-3-11-8-7(6)5(4-12)1-2-10-8/h1-4H,(H,10,11). The Morgan fingerprint density at radius 3 is 3.17 bits per heavy atom. The van der Waals surface area contributed by atoms with E-state index >= 15 is 0 Å². The molecule has 0 spiro atoms. The molecule has 0 bridgehead atoms. The van der Waals surface area contributed by atoms with Crippen LogP contribution in [-0.2, 0) is 0 Å². The highest BCUT2D eigenvalue weighted by Gasteiger charge is 2.05. The van der Waals surface area contributed by atoms with Crippen molar-refractivity contribution in [3.05, 3.63) is 28.5 Å². The summed E-state index contributed by atoms with van der Waals surface area (Å²) < 4.78 is 0.868. The number of aromatic amines is 1. The van der Waals surface area contributed by atoms with Gasteiger partial charge in [-0.25, -0.2) is 4.98 Å². The molecule has 0 atom stereocenters. The van der Waals surface area contributed by atoms with Gasteiger partial charge in [-0.15, -0.1) is 0 Å². The van der Waals surface area contributed by atoms with Gasteiger partial charge in [-0.2, -0.15) is 0 Å². The van der Waals surface area contributed by atoms with Crippen LogP contribution < -0.4 is 0 Å². The number of hydrogen-bond acceptors (Lipinski definition) is 2. The van der Waals surface area contributed by atoms with Crippen LogP contribution in [0.5, 0.6) is 0 Å². The fourth-order valence-corrected chi connectivity index (χ4v) is 1.67. The number of aldehydes is 1. The number of aromatic nitrogens is 2. The van der Waals surface area contributed by atoms with Crippen molar-refractivity contribution in [2.45, 2.75) is 0 Å². The Hall–Kier alpha value is -1.16. The molecule has 0 saturated heterocycles.